The van der Waals surface area contributed by atoms with Crippen LogP contribution in [0.1, 0.15) is 292 Å². The van der Waals surface area contributed by atoms with Crippen molar-refractivity contribution in [3.05, 3.63) is 0 Å². The van der Waals surface area contributed by atoms with E-state index in [1.54, 1.807) is 0 Å². The third-order valence-electron chi connectivity index (χ3n) is 28.3. The topological polar surface area (TPSA) is 187 Å². The predicted molar refractivity (Wildman–Crippen MR) is 679 cm³/mol. The van der Waals surface area contributed by atoms with Gasteiger partial charge in [-0.15, -0.1) is 0 Å². The highest BCUT2D eigenvalue weighted by Gasteiger charge is 2.55. The number of carbonyl (C=O) groups excluding carboxylic acids is 5. The normalized spacial score (nSPS) is 17.7. The first-order valence-corrected chi connectivity index (χ1v) is 109. The lowest BCUT2D eigenvalue weighted by atomic mass is 9.90. The van der Waals surface area contributed by atoms with Crippen molar-refractivity contribution in [2.24, 2.45) is 44.8 Å². The predicted octanol–water partition coefficient (Wildman–Crippen LogP) is 38.9. The molecule has 0 aromatic heterocycles. The van der Waals surface area contributed by atoms with Gasteiger partial charge < -0.3 is 48.4 Å². The zero-order valence-corrected chi connectivity index (χ0v) is 126. The first-order valence-electron chi connectivity index (χ1n) is 57.1. The highest BCUT2D eigenvalue weighted by Crippen LogP contribution is 2.44. The summed E-state index contributed by atoms with van der Waals surface area (Å²) in [6.45, 7) is 153. The lowest BCUT2D eigenvalue weighted by Gasteiger charge is -2.49. The van der Waals surface area contributed by atoms with Gasteiger partial charge in [0.15, 0.2) is 33.3 Å². The number of ether oxygens (including phenoxy) is 5. The Morgan fingerprint density at radius 3 is 0.888 bits per heavy atom. The van der Waals surface area contributed by atoms with E-state index in [9.17, 15) is 24.0 Å². The molecule has 2 rings (SSSR count). The molecule has 2 aliphatic heterocycles. The van der Waals surface area contributed by atoms with Crippen molar-refractivity contribution >= 4 is 162 Å². The molecule has 0 aliphatic carbocycles. The summed E-state index contributed by atoms with van der Waals surface area (Å²) in [6, 6.07) is 9.40. The zero-order valence-electron chi connectivity index (χ0n) is 110. The Bertz CT molecular complexity index is 3360. The monoisotopic (exact) mass is 2300 g/mol. The Balaban J connectivity index is -0.000000239. The van der Waals surface area contributed by atoms with Crippen molar-refractivity contribution in [3.63, 3.8) is 0 Å². The average Bonchev–Trinajstić information content (AvgIpc) is 0.768. The van der Waals surface area contributed by atoms with Gasteiger partial charge in [0.2, 0.25) is 0 Å². The van der Waals surface area contributed by atoms with Crippen LogP contribution in [0.3, 0.4) is 0 Å². The minimum absolute atomic E-state index is 0.0171. The Kier molecular flexibility index (Phi) is 74.4. The molecule has 0 aromatic rings. The van der Waals surface area contributed by atoms with Crippen molar-refractivity contribution < 1.29 is 72.3 Å². The number of esters is 5. The number of carbonyl (C=O) groups is 5. The second-order valence-electron chi connectivity index (χ2n) is 60.3. The molecule has 0 amide bonds. The second kappa shape index (κ2) is 67.0. The third kappa shape index (κ3) is 80.9. The molecule has 2 saturated heterocycles. The molecule has 2 fully saturated rings. The summed E-state index contributed by atoms with van der Waals surface area (Å²) in [6.07, 6.45) is 13.6. The molecule has 16 nitrogen and oxygen atoms in total. The maximum atomic E-state index is 12.3. The van der Waals surface area contributed by atoms with Crippen LogP contribution in [0.15, 0.2) is 0 Å². The summed E-state index contributed by atoms with van der Waals surface area (Å²) >= 11 is 0. The van der Waals surface area contributed by atoms with Crippen LogP contribution in [0.2, 0.25) is 318 Å². The van der Waals surface area contributed by atoms with Crippen molar-refractivity contribution in [2.75, 3.05) is 12.5 Å². The van der Waals surface area contributed by atoms with Gasteiger partial charge in [-0.25, -0.2) is 0 Å². The molecule has 0 N–H and O–H groups in total. The van der Waals surface area contributed by atoms with Crippen LogP contribution in [0.5, 0.6) is 0 Å². The highest BCUT2D eigenvalue weighted by molar-refractivity contribution is 6.93. The van der Waals surface area contributed by atoms with E-state index in [0.29, 0.717) is 34.6 Å². The summed E-state index contributed by atoms with van der Waals surface area (Å²) in [5.41, 5.74) is 1.59. The molecule has 0 bridgehead atoms. The summed E-state index contributed by atoms with van der Waals surface area (Å²) in [5, 5.41) is 0. The van der Waals surface area contributed by atoms with Gasteiger partial charge in [-0.2, -0.15) is 0 Å². The van der Waals surface area contributed by atoms with Crippen molar-refractivity contribution in [2.45, 2.75) is 629 Å². The standard InChI is InChI=1S/C16H34O2Si.C15H34O2Si2.C13H28O3Si2.C12H26O2Si.C11H30O4Si4.C10H22O2Si.C10H26OSi2.C9H22Si.C8H20Si.C7H18Si/c1-10-16(8,9)15(17)18-11-19(12(2)3,13(4)5)14(6)7;1-10-15(2,3)14(16)17-13(11-18(4,5)6)12-19(7,8)9;1-8-13(2,3)12(14)15-11-9-17(4,5)16-18(6,7)10-11;1-8-12(3,4)11(13)14-10(2)9-15(5,6)7;1-10-11(2)19(9)14-17(5,6)12-16(3,4)13-18(7,8)15-19;1-7-10(2,3)9(11)12-8-13(4,5)6;1-8-10(2)9-13(6,7)11-12(3,4)5;1-6-9(2)7-8-10(3,4)5;1-6-8(2)7-9(3,4)5;1-6-7(2)8(3,4)5/h12-14H,10-11H2,1-9H3;13H,10-12H2,1-9H3;11H,8-10H2,1-7H3;10H,8-9H2,1-7H3;11H,10H2,1-9H3;7-8H2,1-6H3;10H,8-9H2,1-7H3;9H,6-8H2,1-5H3;8H,6-7H2,1-5H3;7H,6H2,1-5H3. The Morgan fingerprint density at radius 1 is 0.329 bits per heavy atom. The fourth-order valence-electron chi connectivity index (χ4n) is 16.9. The minimum Gasteiger partial charge on any atom is -0.469 e. The maximum Gasteiger partial charge on any atom is 0.320 e. The Labute approximate surface area is 913 Å². The molecule has 32 heteroatoms. The van der Waals surface area contributed by atoms with Gasteiger partial charge in [-0.1, -0.05) is 333 Å². The molecule has 6 atom stereocenters. The lowest BCUT2D eigenvalue weighted by molar-refractivity contribution is -0.159. The van der Waals surface area contributed by atoms with E-state index in [-0.39, 0.29) is 75.2 Å². The number of hydrogen-bond donors (Lipinski definition) is 0. The first-order chi connectivity index (χ1) is 62.9. The number of hydrogen-bond acceptors (Lipinski definition) is 16. The van der Waals surface area contributed by atoms with E-state index in [1.807, 2.05) is 111 Å². The first kappa shape index (κ1) is 159. The van der Waals surface area contributed by atoms with E-state index in [1.165, 1.54) is 50.2 Å². The van der Waals surface area contributed by atoms with Gasteiger partial charge in [-0.3, -0.25) is 24.0 Å². The van der Waals surface area contributed by atoms with Crippen LogP contribution in [0.4, 0.5) is 0 Å². The molecule has 143 heavy (non-hydrogen) atoms. The quantitative estimate of drug-likeness (QED) is 0.0319. The third-order valence-corrected chi connectivity index (χ3v) is 79.5. The van der Waals surface area contributed by atoms with E-state index in [4.69, 9.17) is 48.4 Å². The SMILES string of the molecule is CCC(C)(C)C(=O)OC(C)C[Si](C)(C)C.CCC(C)(C)C(=O)OC(C[Si](C)(C)C)C[Si](C)(C)C.CCC(C)(C)C(=O)OC1C[Si](C)(C)O[Si](C)(C)C1.CCC(C)(C)C(=O)OC[Si](C(C)C)(C(C)C)C(C)C.CCC(C)(C)C(=O)OC[Si](C)(C)C.CCC(C)CC[Si](C)(C)C.CCC(C)C[Si](C)(C)C.CCC(C)C[Si](C)(C)O[Si](C)(C)C.CCC(C)[Si](C)(C)C.CCC(C)[Si]1(C)O[Si](C)(C)O[Si](C)(C)O[Si](C)(C)O1. The Hall–Kier alpha value is 0.580. The fraction of sp³-hybridized carbons (Fsp3) is 0.955. The molecule has 6 unspecified atom stereocenters. The molecular formula is C111H260O16Si16. The van der Waals surface area contributed by atoms with E-state index < -0.39 is 132 Å². The van der Waals surface area contributed by atoms with Gasteiger partial charge in [0.05, 0.1) is 59.8 Å². The highest BCUT2D eigenvalue weighted by atomic mass is 28.5. The summed E-state index contributed by atoms with van der Waals surface area (Å²) < 4.78 is 66.4. The molecular weight excluding hydrogens is 2040 g/mol. The van der Waals surface area contributed by atoms with Gasteiger partial charge in [0, 0.05) is 60.5 Å². The zero-order chi connectivity index (χ0) is 116. The summed E-state index contributed by atoms with van der Waals surface area (Å²) in [5.74, 6) is 2.52. The van der Waals surface area contributed by atoms with E-state index in [2.05, 4.69) is 353 Å². The molecule has 0 aromatic carbocycles. The largest absolute Gasteiger partial charge is 0.469 e. The van der Waals surface area contributed by atoms with Gasteiger partial charge in [-0.05, 0) is 283 Å². The van der Waals surface area contributed by atoms with Crippen LogP contribution in [-0.4, -0.2) is 193 Å². The second-order valence-corrected chi connectivity index (χ2v) is 137. The van der Waals surface area contributed by atoms with Crippen LogP contribution in [0.25, 0.3) is 0 Å². The molecule has 0 spiro atoms. The van der Waals surface area contributed by atoms with E-state index >= 15 is 0 Å². The van der Waals surface area contributed by atoms with Gasteiger partial charge in [0.1, 0.15) is 14.2 Å². The lowest BCUT2D eigenvalue weighted by Crippen LogP contribution is -2.66. The van der Waals surface area contributed by atoms with Crippen LogP contribution in [0, 0.1) is 44.8 Å². The van der Waals surface area contributed by atoms with Crippen molar-refractivity contribution in [3.8, 4) is 0 Å². The Morgan fingerprint density at radius 2 is 0.629 bits per heavy atom. The van der Waals surface area contributed by atoms with Crippen LogP contribution in [-0.2, 0) is 72.3 Å². The van der Waals surface area contributed by atoms with Crippen LogP contribution >= 0.6 is 0 Å². The average molecular weight is 2300 g/mol. The molecule has 0 radical (unpaired) electrons. The molecule has 864 valence electrons. The van der Waals surface area contributed by atoms with E-state index in [0.717, 1.165) is 92.0 Å². The number of rotatable bonds is 42. The van der Waals surface area contributed by atoms with Gasteiger partial charge in [0.25, 0.3) is 0 Å². The fourth-order valence-corrected chi connectivity index (χ4v) is 73.4. The molecule has 0 saturated carbocycles. The summed E-state index contributed by atoms with van der Waals surface area (Å²) in [4.78, 5) is 60.0. The van der Waals surface area contributed by atoms with Gasteiger partial charge >= 0.3 is 64.1 Å². The molecule has 2 heterocycles. The summed E-state index contributed by atoms with van der Waals surface area (Å²) in [7, 11) is -23.4. The molecule has 2 aliphatic rings. The van der Waals surface area contributed by atoms with Crippen molar-refractivity contribution in [1.29, 1.82) is 0 Å². The smallest absolute Gasteiger partial charge is 0.320 e. The minimum atomic E-state index is -2.26. The van der Waals surface area contributed by atoms with Crippen molar-refractivity contribution in [1.82, 2.24) is 0 Å². The maximum absolute atomic E-state index is 12.3. The van der Waals surface area contributed by atoms with Crippen LogP contribution < -0.4 is 0 Å².